The van der Waals surface area contributed by atoms with Crippen LogP contribution in [0.5, 0.6) is 0 Å². The van der Waals surface area contributed by atoms with Crippen molar-refractivity contribution in [3.63, 3.8) is 0 Å². The number of aromatic nitrogens is 4. The van der Waals surface area contributed by atoms with Crippen molar-refractivity contribution in [1.82, 2.24) is 30.0 Å². The highest BCUT2D eigenvalue weighted by molar-refractivity contribution is 7.18. The Morgan fingerprint density at radius 1 is 1.28 bits per heavy atom. The molecule has 1 aliphatic heterocycles. The normalized spacial score (nSPS) is 16.4. The number of para-hydroxylation sites is 1. The molecular formula is C24H26N6OS. The van der Waals surface area contributed by atoms with Gasteiger partial charge in [-0.15, -0.1) is 11.3 Å². The van der Waals surface area contributed by atoms with Gasteiger partial charge in [-0.1, -0.05) is 31.2 Å². The number of nitrogens with zero attached hydrogens (tertiary/aromatic N) is 5. The number of H-pyrrole nitrogens is 1. The molecular weight excluding hydrogens is 420 g/mol. The van der Waals surface area contributed by atoms with Crippen LogP contribution in [-0.2, 0) is 6.42 Å². The molecule has 0 saturated carbocycles. The van der Waals surface area contributed by atoms with Gasteiger partial charge in [0.15, 0.2) is 0 Å². The van der Waals surface area contributed by atoms with Crippen LogP contribution >= 0.6 is 11.3 Å². The third-order valence-corrected chi connectivity index (χ3v) is 7.32. The lowest BCUT2D eigenvalue weighted by Crippen LogP contribution is -2.34. The molecule has 32 heavy (non-hydrogen) atoms. The van der Waals surface area contributed by atoms with E-state index in [9.17, 15) is 4.79 Å². The zero-order chi connectivity index (χ0) is 22.2. The Balaban J connectivity index is 1.59. The largest absolute Gasteiger partial charge is 0.336 e. The van der Waals surface area contributed by atoms with Gasteiger partial charge in [-0.2, -0.15) is 5.10 Å². The van der Waals surface area contributed by atoms with Crippen LogP contribution in [0.15, 0.2) is 42.7 Å². The second-order valence-corrected chi connectivity index (χ2v) is 9.36. The third kappa shape index (κ3) is 3.59. The Kier molecular flexibility index (Phi) is 5.48. The SMILES string of the molecule is CCc1cccc2c(-c3nc(C(=O)N4CCC(N(C)C)C4)c(-c4cccnc4)s3)[nH]nc12. The number of aryl methyl sites for hydroxylation is 1. The fourth-order valence-electron chi connectivity index (χ4n) is 4.31. The highest BCUT2D eigenvalue weighted by Crippen LogP contribution is 2.38. The molecule has 0 radical (unpaired) electrons. The fraction of sp³-hybridized carbons (Fsp3) is 0.333. The van der Waals surface area contributed by atoms with Gasteiger partial charge in [-0.05, 0) is 38.6 Å². The summed E-state index contributed by atoms with van der Waals surface area (Å²) >= 11 is 1.51. The van der Waals surface area contributed by atoms with Crippen LogP contribution in [0.3, 0.4) is 0 Å². The van der Waals surface area contributed by atoms with Crippen molar-refractivity contribution < 1.29 is 4.79 Å². The number of carbonyl (C=O) groups excluding carboxylic acids is 1. The van der Waals surface area contributed by atoms with E-state index in [2.05, 4.69) is 53.2 Å². The average Bonchev–Trinajstić information content (AvgIpc) is 3.56. The number of nitrogens with one attached hydrogen (secondary N) is 1. The quantitative estimate of drug-likeness (QED) is 0.500. The topological polar surface area (TPSA) is 78.0 Å². The monoisotopic (exact) mass is 446 g/mol. The number of likely N-dealkylation sites (N-methyl/N-ethyl adjacent to an activating group) is 1. The second-order valence-electron chi connectivity index (χ2n) is 8.36. The van der Waals surface area contributed by atoms with Crippen LogP contribution in [0.2, 0.25) is 0 Å². The molecule has 8 heteroatoms. The van der Waals surface area contributed by atoms with Crippen molar-refractivity contribution >= 4 is 28.1 Å². The Hall–Kier alpha value is -3.10. The molecule has 0 bridgehead atoms. The van der Waals surface area contributed by atoms with E-state index in [0.29, 0.717) is 11.7 Å². The number of fused-ring (bicyclic) bond motifs is 1. The zero-order valence-electron chi connectivity index (χ0n) is 18.5. The number of pyridine rings is 1. The molecule has 164 valence electrons. The van der Waals surface area contributed by atoms with E-state index in [0.717, 1.165) is 58.0 Å². The molecule has 0 spiro atoms. The lowest BCUT2D eigenvalue weighted by atomic mass is 10.1. The molecule has 1 aromatic carbocycles. The first-order valence-corrected chi connectivity index (χ1v) is 11.7. The highest BCUT2D eigenvalue weighted by Gasteiger charge is 2.32. The van der Waals surface area contributed by atoms with Gasteiger partial charge in [-0.25, -0.2) is 4.98 Å². The third-order valence-electron chi connectivity index (χ3n) is 6.20. The van der Waals surface area contributed by atoms with Crippen molar-refractivity contribution in [3.05, 3.63) is 54.0 Å². The van der Waals surface area contributed by atoms with Gasteiger partial charge in [0.2, 0.25) is 0 Å². The van der Waals surface area contributed by atoms with Crippen molar-refractivity contribution in [1.29, 1.82) is 0 Å². The van der Waals surface area contributed by atoms with Crippen LogP contribution in [0.4, 0.5) is 0 Å². The number of carbonyl (C=O) groups is 1. The summed E-state index contributed by atoms with van der Waals surface area (Å²) in [6.45, 7) is 3.59. The Morgan fingerprint density at radius 3 is 2.88 bits per heavy atom. The maximum absolute atomic E-state index is 13.6. The molecule has 1 fully saturated rings. The van der Waals surface area contributed by atoms with E-state index >= 15 is 0 Å². The summed E-state index contributed by atoms with van der Waals surface area (Å²) in [5.41, 5.74) is 4.41. The molecule has 1 saturated heterocycles. The summed E-state index contributed by atoms with van der Waals surface area (Å²) in [6, 6.07) is 10.5. The molecule has 4 aromatic rings. The minimum Gasteiger partial charge on any atom is -0.336 e. The first-order chi connectivity index (χ1) is 15.6. The maximum Gasteiger partial charge on any atom is 0.274 e. The molecule has 3 aromatic heterocycles. The van der Waals surface area contributed by atoms with Gasteiger partial charge in [-0.3, -0.25) is 14.9 Å². The summed E-state index contributed by atoms with van der Waals surface area (Å²) < 4.78 is 0. The average molecular weight is 447 g/mol. The molecule has 5 rings (SSSR count). The number of aromatic amines is 1. The molecule has 1 N–H and O–H groups in total. The van der Waals surface area contributed by atoms with Crippen LogP contribution < -0.4 is 0 Å². The van der Waals surface area contributed by atoms with Crippen LogP contribution in [0.25, 0.3) is 32.0 Å². The summed E-state index contributed by atoms with van der Waals surface area (Å²) in [5.74, 6) is -0.0197. The van der Waals surface area contributed by atoms with Crippen LogP contribution in [0.1, 0.15) is 29.4 Å². The van der Waals surface area contributed by atoms with Crippen LogP contribution in [-0.4, -0.2) is 69.1 Å². The molecule has 1 atom stereocenters. The molecule has 7 nitrogen and oxygen atoms in total. The Labute approximate surface area is 191 Å². The predicted molar refractivity (Wildman–Crippen MR) is 128 cm³/mol. The standard InChI is InChI=1S/C24H26N6OS/c1-4-15-7-5-9-18-19(15)27-28-20(18)23-26-21(22(32-23)16-8-6-11-25-13-16)24(31)30-12-10-17(14-30)29(2)3/h5-9,11,13,17H,4,10,12,14H2,1-3H3,(H,27,28). The van der Waals surface area contributed by atoms with Gasteiger partial charge in [0.05, 0.1) is 10.4 Å². The smallest absolute Gasteiger partial charge is 0.274 e. The van der Waals surface area contributed by atoms with E-state index in [-0.39, 0.29) is 5.91 Å². The second kappa shape index (κ2) is 8.44. The molecule has 0 aliphatic carbocycles. The molecule has 4 heterocycles. The van der Waals surface area contributed by atoms with E-state index < -0.39 is 0 Å². The summed E-state index contributed by atoms with van der Waals surface area (Å²) in [4.78, 5) is 27.6. The van der Waals surface area contributed by atoms with E-state index in [1.807, 2.05) is 23.1 Å². The van der Waals surface area contributed by atoms with Crippen LogP contribution in [0, 0.1) is 0 Å². The lowest BCUT2D eigenvalue weighted by molar-refractivity contribution is 0.0779. The number of hydrogen-bond acceptors (Lipinski definition) is 6. The van der Waals surface area contributed by atoms with Crippen molar-refractivity contribution in [2.24, 2.45) is 0 Å². The maximum atomic E-state index is 13.6. The lowest BCUT2D eigenvalue weighted by Gasteiger charge is -2.20. The first-order valence-electron chi connectivity index (χ1n) is 10.9. The van der Waals surface area contributed by atoms with Crippen molar-refractivity contribution in [2.45, 2.75) is 25.8 Å². The predicted octanol–water partition coefficient (Wildman–Crippen LogP) is 4.09. The van der Waals surface area contributed by atoms with E-state index in [4.69, 9.17) is 4.98 Å². The summed E-state index contributed by atoms with van der Waals surface area (Å²) in [6.07, 6.45) is 5.42. The number of amides is 1. The Bertz CT molecular complexity index is 1260. The number of benzene rings is 1. The number of hydrogen-bond donors (Lipinski definition) is 1. The number of likely N-dealkylation sites (tertiary alicyclic amines) is 1. The minimum absolute atomic E-state index is 0.0197. The fourth-order valence-corrected chi connectivity index (χ4v) is 5.36. The molecule has 1 amide bonds. The molecule has 1 unspecified atom stereocenters. The highest BCUT2D eigenvalue weighted by atomic mass is 32.1. The van der Waals surface area contributed by atoms with E-state index in [1.165, 1.54) is 16.9 Å². The first kappa shape index (κ1) is 20.8. The number of thiazole rings is 1. The van der Waals surface area contributed by atoms with Crippen molar-refractivity contribution in [2.75, 3.05) is 27.2 Å². The summed E-state index contributed by atoms with van der Waals surface area (Å²) in [5, 5.41) is 9.54. The zero-order valence-corrected chi connectivity index (χ0v) is 19.3. The molecule has 1 aliphatic rings. The van der Waals surface area contributed by atoms with Crippen molar-refractivity contribution in [3.8, 4) is 21.1 Å². The van der Waals surface area contributed by atoms with Gasteiger partial charge in [0.25, 0.3) is 5.91 Å². The summed E-state index contributed by atoms with van der Waals surface area (Å²) in [7, 11) is 4.13. The van der Waals surface area contributed by atoms with Gasteiger partial charge in [0.1, 0.15) is 16.4 Å². The van der Waals surface area contributed by atoms with Gasteiger partial charge in [0, 0.05) is 42.5 Å². The van der Waals surface area contributed by atoms with Gasteiger partial charge >= 0.3 is 0 Å². The minimum atomic E-state index is -0.0197. The Morgan fingerprint density at radius 2 is 2.16 bits per heavy atom. The number of rotatable bonds is 5. The van der Waals surface area contributed by atoms with E-state index in [1.54, 1.807) is 12.4 Å². The van der Waals surface area contributed by atoms with Gasteiger partial charge < -0.3 is 9.80 Å².